The third-order valence-electron chi connectivity index (χ3n) is 2.54. The highest BCUT2D eigenvalue weighted by Gasteiger charge is 2.30. The monoisotopic (exact) mass is 214 g/mol. The summed E-state index contributed by atoms with van der Waals surface area (Å²) in [6, 6.07) is 0.405. The predicted molar refractivity (Wildman–Crippen MR) is 59.6 cm³/mol. The van der Waals surface area contributed by atoms with Crippen LogP contribution in [0, 0.1) is 0 Å². The van der Waals surface area contributed by atoms with Crippen molar-refractivity contribution in [1.82, 2.24) is 4.90 Å². The minimum Gasteiger partial charge on any atom is -0.444 e. The standard InChI is InChI=1S/C11H22N2O2/c1-8-7-9(12)5-6-13(8)10(14)15-11(2,3)4/h8-9H,5-7,12H2,1-4H3/t8-,9?/m1/s1. The zero-order valence-corrected chi connectivity index (χ0v) is 10.1. The summed E-state index contributed by atoms with van der Waals surface area (Å²) >= 11 is 0. The number of piperidine rings is 1. The van der Waals surface area contributed by atoms with E-state index in [9.17, 15) is 4.79 Å². The largest absolute Gasteiger partial charge is 0.444 e. The van der Waals surface area contributed by atoms with Gasteiger partial charge in [-0.25, -0.2) is 4.79 Å². The second-order valence-corrected chi connectivity index (χ2v) is 5.31. The number of hydrogen-bond donors (Lipinski definition) is 1. The summed E-state index contributed by atoms with van der Waals surface area (Å²) in [5.41, 5.74) is 5.42. The SMILES string of the molecule is C[C@@H]1CC(N)CCN1C(=O)OC(C)(C)C. The summed E-state index contributed by atoms with van der Waals surface area (Å²) in [5, 5.41) is 0. The smallest absolute Gasteiger partial charge is 0.410 e. The highest BCUT2D eigenvalue weighted by molar-refractivity contribution is 5.68. The molecule has 0 aliphatic carbocycles. The maximum atomic E-state index is 11.8. The third kappa shape index (κ3) is 3.70. The van der Waals surface area contributed by atoms with Gasteiger partial charge in [0.15, 0.2) is 0 Å². The molecule has 4 heteroatoms. The molecule has 0 saturated carbocycles. The Balaban J connectivity index is 2.53. The quantitative estimate of drug-likeness (QED) is 0.668. The van der Waals surface area contributed by atoms with Gasteiger partial charge < -0.3 is 15.4 Å². The second-order valence-electron chi connectivity index (χ2n) is 5.31. The molecule has 2 N–H and O–H groups in total. The van der Waals surface area contributed by atoms with Gasteiger partial charge in [0.2, 0.25) is 0 Å². The molecule has 0 aromatic heterocycles. The van der Waals surface area contributed by atoms with Gasteiger partial charge in [0, 0.05) is 18.6 Å². The Bertz CT molecular complexity index is 235. The first-order valence-corrected chi connectivity index (χ1v) is 5.55. The van der Waals surface area contributed by atoms with E-state index < -0.39 is 5.60 Å². The van der Waals surface area contributed by atoms with E-state index in [1.807, 2.05) is 27.7 Å². The van der Waals surface area contributed by atoms with E-state index in [1.54, 1.807) is 4.90 Å². The van der Waals surface area contributed by atoms with E-state index in [0.717, 1.165) is 12.8 Å². The number of carbonyl (C=O) groups excluding carboxylic acids is 1. The van der Waals surface area contributed by atoms with Crippen molar-refractivity contribution in [1.29, 1.82) is 0 Å². The lowest BCUT2D eigenvalue weighted by molar-refractivity contribution is 0.0107. The lowest BCUT2D eigenvalue weighted by Gasteiger charge is -2.37. The fourth-order valence-electron chi connectivity index (χ4n) is 1.80. The molecular weight excluding hydrogens is 192 g/mol. The van der Waals surface area contributed by atoms with Crippen LogP contribution in [0.2, 0.25) is 0 Å². The number of amides is 1. The molecule has 1 rings (SSSR count). The van der Waals surface area contributed by atoms with E-state index in [-0.39, 0.29) is 18.2 Å². The molecule has 0 spiro atoms. The van der Waals surface area contributed by atoms with Crippen LogP contribution >= 0.6 is 0 Å². The molecule has 1 heterocycles. The second kappa shape index (κ2) is 4.39. The van der Waals surface area contributed by atoms with Crippen molar-refractivity contribution in [3.8, 4) is 0 Å². The average molecular weight is 214 g/mol. The zero-order chi connectivity index (χ0) is 11.6. The van der Waals surface area contributed by atoms with Crippen LogP contribution in [0.1, 0.15) is 40.5 Å². The molecule has 1 unspecified atom stereocenters. The molecule has 1 saturated heterocycles. The van der Waals surface area contributed by atoms with Crippen LogP contribution in [0.5, 0.6) is 0 Å². The molecule has 15 heavy (non-hydrogen) atoms. The van der Waals surface area contributed by atoms with Gasteiger partial charge in [0.1, 0.15) is 5.60 Å². The Morgan fingerprint density at radius 3 is 2.53 bits per heavy atom. The summed E-state index contributed by atoms with van der Waals surface area (Å²) in [5.74, 6) is 0. The lowest BCUT2D eigenvalue weighted by Crippen LogP contribution is -2.49. The minimum atomic E-state index is -0.420. The molecule has 0 aromatic rings. The van der Waals surface area contributed by atoms with E-state index in [0.29, 0.717) is 6.54 Å². The summed E-state index contributed by atoms with van der Waals surface area (Å²) in [7, 11) is 0. The summed E-state index contributed by atoms with van der Waals surface area (Å²) < 4.78 is 5.33. The van der Waals surface area contributed by atoms with Crippen molar-refractivity contribution in [3.63, 3.8) is 0 Å². The number of carbonyl (C=O) groups is 1. The first-order valence-electron chi connectivity index (χ1n) is 5.55. The molecule has 0 radical (unpaired) electrons. The summed E-state index contributed by atoms with van der Waals surface area (Å²) in [6.07, 6.45) is 1.50. The van der Waals surface area contributed by atoms with Crippen molar-refractivity contribution in [2.24, 2.45) is 5.73 Å². The number of nitrogens with two attached hydrogens (primary N) is 1. The number of hydrogen-bond acceptors (Lipinski definition) is 3. The maximum absolute atomic E-state index is 11.8. The molecular formula is C11H22N2O2. The minimum absolute atomic E-state index is 0.184. The van der Waals surface area contributed by atoms with Gasteiger partial charge in [-0.1, -0.05) is 0 Å². The summed E-state index contributed by atoms with van der Waals surface area (Å²) in [4.78, 5) is 13.6. The van der Waals surface area contributed by atoms with Gasteiger partial charge in [-0.3, -0.25) is 0 Å². The fourth-order valence-corrected chi connectivity index (χ4v) is 1.80. The van der Waals surface area contributed by atoms with Gasteiger partial charge in [-0.05, 0) is 40.5 Å². The first-order chi connectivity index (χ1) is 6.79. The Morgan fingerprint density at radius 2 is 2.07 bits per heavy atom. The fraction of sp³-hybridized carbons (Fsp3) is 0.909. The van der Waals surface area contributed by atoms with Crippen LogP contribution in [0.4, 0.5) is 4.79 Å². The topological polar surface area (TPSA) is 55.6 Å². The lowest BCUT2D eigenvalue weighted by atomic mass is 10.00. The third-order valence-corrected chi connectivity index (χ3v) is 2.54. The molecule has 0 bridgehead atoms. The molecule has 0 aromatic carbocycles. The number of nitrogens with zero attached hydrogens (tertiary/aromatic N) is 1. The van der Waals surface area contributed by atoms with Gasteiger partial charge in [-0.15, -0.1) is 0 Å². The van der Waals surface area contributed by atoms with Gasteiger partial charge >= 0.3 is 6.09 Å². The molecule has 1 aliphatic rings. The van der Waals surface area contributed by atoms with E-state index >= 15 is 0 Å². The van der Waals surface area contributed by atoms with Crippen LogP contribution in [0.25, 0.3) is 0 Å². The van der Waals surface area contributed by atoms with Crippen molar-refractivity contribution >= 4 is 6.09 Å². The predicted octanol–water partition coefficient (Wildman–Crippen LogP) is 1.73. The van der Waals surface area contributed by atoms with E-state index in [2.05, 4.69) is 0 Å². The molecule has 1 aliphatic heterocycles. The van der Waals surface area contributed by atoms with Crippen LogP contribution in [0.15, 0.2) is 0 Å². The number of ether oxygens (including phenoxy) is 1. The normalized spacial score (nSPS) is 27.7. The van der Waals surface area contributed by atoms with Crippen LogP contribution in [-0.4, -0.2) is 35.2 Å². The Kier molecular flexibility index (Phi) is 3.60. The Morgan fingerprint density at radius 1 is 1.47 bits per heavy atom. The van der Waals surface area contributed by atoms with Crippen LogP contribution in [0.3, 0.4) is 0 Å². The van der Waals surface area contributed by atoms with Crippen molar-refractivity contribution < 1.29 is 9.53 Å². The van der Waals surface area contributed by atoms with Crippen molar-refractivity contribution in [2.45, 2.75) is 58.2 Å². The molecule has 4 nitrogen and oxygen atoms in total. The van der Waals surface area contributed by atoms with Gasteiger partial charge in [0.25, 0.3) is 0 Å². The molecule has 1 amide bonds. The Hall–Kier alpha value is -0.770. The first kappa shape index (κ1) is 12.3. The summed E-state index contributed by atoms with van der Waals surface area (Å²) in [6.45, 7) is 8.36. The van der Waals surface area contributed by atoms with Crippen molar-refractivity contribution in [3.05, 3.63) is 0 Å². The average Bonchev–Trinajstić information content (AvgIpc) is 1.99. The van der Waals surface area contributed by atoms with E-state index in [4.69, 9.17) is 10.5 Å². The van der Waals surface area contributed by atoms with Crippen molar-refractivity contribution in [2.75, 3.05) is 6.54 Å². The maximum Gasteiger partial charge on any atom is 0.410 e. The molecule has 1 fully saturated rings. The molecule has 2 atom stereocenters. The van der Waals surface area contributed by atoms with Crippen LogP contribution in [-0.2, 0) is 4.74 Å². The van der Waals surface area contributed by atoms with Gasteiger partial charge in [-0.2, -0.15) is 0 Å². The van der Waals surface area contributed by atoms with Gasteiger partial charge in [0.05, 0.1) is 0 Å². The highest BCUT2D eigenvalue weighted by atomic mass is 16.6. The van der Waals surface area contributed by atoms with E-state index in [1.165, 1.54) is 0 Å². The number of rotatable bonds is 0. The van der Waals surface area contributed by atoms with Crippen LogP contribution < -0.4 is 5.73 Å². The zero-order valence-electron chi connectivity index (χ0n) is 10.1. The Labute approximate surface area is 91.8 Å². The highest BCUT2D eigenvalue weighted by Crippen LogP contribution is 2.19. The molecule has 88 valence electrons. The number of likely N-dealkylation sites (tertiary alicyclic amines) is 1.